The Labute approximate surface area is 35.9 Å². The molecule has 1 rings (SSSR count). The Kier molecular flexibility index (Phi) is 0.588. The molecule has 0 aromatic carbocycles. The zero-order chi connectivity index (χ0) is 3.86. The molecular weight excluding hydrogens is 87.5 g/mol. The van der Waals surface area contributed by atoms with E-state index >= 15 is 0 Å². The molecule has 1 radical (unpaired) electrons. The molecule has 5 heavy (non-hydrogen) atoms. The van der Waals surface area contributed by atoms with Gasteiger partial charge in [0.1, 0.15) is 0 Å². The van der Waals surface area contributed by atoms with E-state index in [0.29, 0.717) is 0 Å². The lowest BCUT2D eigenvalue weighted by molar-refractivity contribution is 0.425. The van der Waals surface area contributed by atoms with E-state index in [2.05, 4.69) is 11.7 Å². The number of hydrogen-bond acceptors (Lipinski definition) is 1. The fraction of sp³-hybridized carbons (Fsp3) is 0.667. The van der Waals surface area contributed by atoms with E-state index in [-0.39, 0.29) is 11.7 Å². The van der Waals surface area contributed by atoms with E-state index in [1.54, 1.807) is 0 Å². The molecule has 0 aliphatic carbocycles. The molecule has 1 fully saturated rings. The standard InChI is InChI=1S/C3H4ClO/c1-2-3(4)5-2/h2-3H,1H2. The van der Waals surface area contributed by atoms with Crippen molar-refractivity contribution in [2.75, 3.05) is 0 Å². The normalized spacial score (nSPS) is 49.2. The van der Waals surface area contributed by atoms with Crippen molar-refractivity contribution in [1.29, 1.82) is 0 Å². The molecule has 1 nitrogen and oxygen atoms in total. The van der Waals surface area contributed by atoms with E-state index in [4.69, 9.17) is 11.6 Å². The van der Waals surface area contributed by atoms with Gasteiger partial charge in [0, 0.05) is 0 Å². The summed E-state index contributed by atoms with van der Waals surface area (Å²) < 4.78 is 4.57. The van der Waals surface area contributed by atoms with Gasteiger partial charge in [0.2, 0.25) is 0 Å². The van der Waals surface area contributed by atoms with Crippen LogP contribution in [0.2, 0.25) is 0 Å². The summed E-state index contributed by atoms with van der Waals surface area (Å²) in [6, 6.07) is 0. The molecule has 0 bridgehead atoms. The predicted molar refractivity (Wildman–Crippen MR) is 19.9 cm³/mol. The van der Waals surface area contributed by atoms with Gasteiger partial charge >= 0.3 is 0 Å². The number of ether oxygens (including phenoxy) is 1. The smallest absolute Gasteiger partial charge is 0.157 e. The predicted octanol–water partition coefficient (Wildman–Crippen LogP) is 0.784. The minimum absolute atomic E-state index is 0.0664. The van der Waals surface area contributed by atoms with Gasteiger partial charge in [-0.3, -0.25) is 0 Å². The summed E-state index contributed by atoms with van der Waals surface area (Å²) in [6.07, 6.45) is 0.0664. The van der Waals surface area contributed by atoms with Crippen molar-refractivity contribution in [3.8, 4) is 0 Å². The van der Waals surface area contributed by atoms with E-state index in [0.717, 1.165) is 0 Å². The largest absolute Gasteiger partial charge is 0.352 e. The summed E-state index contributed by atoms with van der Waals surface area (Å²) in [5.74, 6) is 0. The number of alkyl halides is 1. The van der Waals surface area contributed by atoms with Gasteiger partial charge in [-0.25, -0.2) is 0 Å². The van der Waals surface area contributed by atoms with E-state index < -0.39 is 0 Å². The van der Waals surface area contributed by atoms with Crippen molar-refractivity contribution in [3.63, 3.8) is 0 Å². The third-order valence-electron chi connectivity index (χ3n) is 0.520. The summed E-state index contributed by atoms with van der Waals surface area (Å²) in [7, 11) is 0. The summed E-state index contributed by atoms with van der Waals surface area (Å²) in [5, 5.41) is 0. The molecule has 0 aromatic heterocycles. The molecule has 0 N–H and O–H groups in total. The first kappa shape index (κ1) is 3.44. The number of hydrogen-bond donors (Lipinski definition) is 0. The lowest BCUT2D eigenvalue weighted by Gasteiger charge is -1.54. The SMILES string of the molecule is [CH2]C1OC1Cl. The molecule has 1 aliphatic rings. The van der Waals surface area contributed by atoms with Crippen LogP contribution in [0.5, 0.6) is 0 Å². The molecule has 0 saturated carbocycles. The highest BCUT2D eigenvalue weighted by Gasteiger charge is 2.31. The van der Waals surface area contributed by atoms with Crippen LogP contribution in [0.3, 0.4) is 0 Å². The zero-order valence-electron chi connectivity index (χ0n) is 2.65. The molecule has 0 spiro atoms. The van der Waals surface area contributed by atoms with Gasteiger partial charge in [-0.1, -0.05) is 11.6 Å². The van der Waals surface area contributed by atoms with Gasteiger partial charge in [0.05, 0.1) is 6.10 Å². The molecule has 1 heterocycles. The van der Waals surface area contributed by atoms with Crippen LogP contribution in [0.15, 0.2) is 0 Å². The van der Waals surface area contributed by atoms with Crippen molar-refractivity contribution >= 4 is 11.6 Å². The van der Waals surface area contributed by atoms with Gasteiger partial charge in [-0.05, 0) is 6.92 Å². The van der Waals surface area contributed by atoms with E-state index in [1.165, 1.54) is 0 Å². The maximum atomic E-state index is 5.25. The number of halogens is 1. The molecule has 1 saturated heterocycles. The summed E-state index contributed by atoms with van der Waals surface area (Å²) in [4.78, 5) is 0. The Morgan fingerprint density at radius 3 is 2.00 bits per heavy atom. The number of rotatable bonds is 0. The fourth-order valence-corrected chi connectivity index (χ4v) is 0.254. The van der Waals surface area contributed by atoms with E-state index in [1.807, 2.05) is 0 Å². The quantitative estimate of drug-likeness (QED) is 0.317. The van der Waals surface area contributed by atoms with Gasteiger partial charge < -0.3 is 4.74 Å². The highest BCUT2D eigenvalue weighted by atomic mass is 35.5. The first-order valence-corrected chi connectivity index (χ1v) is 1.87. The fourth-order valence-electron chi connectivity index (χ4n) is 0.122. The molecule has 2 unspecified atom stereocenters. The van der Waals surface area contributed by atoms with Crippen molar-refractivity contribution in [2.45, 2.75) is 11.7 Å². The summed E-state index contributed by atoms with van der Waals surface area (Å²) in [6.45, 7) is 3.48. The maximum absolute atomic E-state index is 5.25. The van der Waals surface area contributed by atoms with Gasteiger partial charge in [0.25, 0.3) is 0 Å². The van der Waals surface area contributed by atoms with Gasteiger partial charge in [-0.15, -0.1) is 0 Å². The third-order valence-corrected chi connectivity index (χ3v) is 0.904. The average molecular weight is 91.5 g/mol. The lowest BCUT2D eigenvalue weighted by Crippen LogP contribution is -1.70. The van der Waals surface area contributed by atoms with Crippen molar-refractivity contribution in [3.05, 3.63) is 6.92 Å². The Bertz CT molecular complexity index is 40.2. The molecule has 2 atom stereocenters. The highest BCUT2D eigenvalue weighted by Crippen LogP contribution is 2.23. The molecule has 29 valence electrons. The first-order valence-electron chi connectivity index (χ1n) is 1.43. The van der Waals surface area contributed by atoms with Gasteiger partial charge in [0.15, 0.2) is 5.56 Å². The van der Waals surface area contributed by atoms with Crippen LogP contribution >= 0.6 is 11.6 Å². The molecule has 0 amide bonds. The Morgan fingerprint density at radius 2 is 2.00 bits per heavy atom. The zero-order valence-corrected chi connectivity index (χ0v) is 3.40. The molecule has 1 aliphatic heterocycles. The van der Waals surface area contributed by atoms with Crippen LogP contribution in [0.4, 0.5) is 0 Å². The molecular formula is C3H4ClO. The van der Waals surface area contributed by atoms with Gasteiger partial charge in [-0.2, -0.15) is 0 Å². The van der Waals surface area contributed by atoms with Crippen LogP contribution in [0.1, 0.15) is 0 Å². The highest BCUT2D eigenvalue weighted by molar-refractivity contribution is 6.21. The number of epoxide rings is 1. The monoisotopic (exact) mass is 91.0 g/mol. The Balaban J connectivity index is 2.20. The topological polar surface area (TPSA) is 12.5 Å². The molecule has 0 aromatic rings. The average Bonchev–Trinajstić information content (AvgIpc) is 1.79. The van der Waals surface area contributed by atoms with E-state index in [9.17, 15) is 0 Å². The molecule has 2 heteroatoms. The summed E-state index contributed by atoms with van der Waals surface area (Å²) >= 11 is 5.25. The second kappa shape index (κ2) is 0.854. The Hall–Kier alpha value is 0.250. The minimum atomic E-state index is -0.0880. The summed E-state index contributed by atoms with van der Waals surface area (Å²) in [5.41, 5.74) is -0.0880. The van der Waals surface area contributed by atoms with Crippen LogP contribution in [0, 0.1) is 6.92 Å². The van der Waals surface area contributed by atoms with Crippen LogP contribution in [-0.4, -0.2) is 11.7 Å². The second-order valence-corrected chi connectivity index (χ2v) is 1.46. The lowest BCUT2D eigenvalue weighted by atomic mass is 10.6. The first-order chi connectivity index (χ1) is 2.30. The Morgan fingerprint density at radius 1 is 1.80 bits per heavy atom. The van der Waals surface area contributed by atoms with Crippen LogP contribution in [0.25, 0.3) is 0 Å². The van der Waals surface area contributed by atoms with Crippen molar-refractivity contribution in [1.82, 2.24) is 0 Å². The maximum Gasteiger partial charge on any atom is 0.157 e. The van der Waals surface area contributed by atoms with Crippen LogP contribution < -0.4 is 0 Å². The van der Waals surface area contributed by atoms with Crippen molar-refractivity contribution < 1.29 is 4.74 Å². The third kappa shape index (κ3) is 0.551. The van der Waals surface area contributed by atoms with Crippen molar-refractivity contribution in [2.24, 2.45) is 0 Å². The second-order valence-electron chi connectivity index (χ2n) is 1.03. The van der Waals surface area contributed by atoms with Crippen LogP contribution in [-0.2, 0) is 4.74 Å². The minimum Gasteiger partial charge on any atom is -0.352 e.